The van der Waals surface area contributed by atoms with Crippen molar-refractivity contribution in [3.63, 3.8) is 0 Å². The van der Waals surface area contributed by atoms with Gasteiger partial charge in [0.2, 0.25) is 5.13 Å². The van der Waals surface area contributed by atoms with Gasteiger partial charge in [-0.25, -0.2) is 14.8 Å². The fourth-order valence-corrected chi connectivity index (χ4v) is 2.43. The van der Waals surface area contributed by atoms with Crippen molar-refractivity contribution < 1.29 is 4.79 Å². The largest absolute Gasteiger partial charge is 0.370 e. The number of amides is 2. The third kappa shape index (κ3) is 5.06. The van der Waals surface area contributed by atoms with Crippen LogP contribution < -0.4 is 21.7 Å². The highest BCUT2D eigenvalue weighted by atomic mass is 32.1. The maximum atomic E-state index is 11.2. The number of aromatic nitrogens is 2. The number of nitrogens with two attached hydrogens (primary N) is 1. The maximum absolute atomic E-state index is 11.2. The highest BCUT2D eigenvalue weighted by Crippen LogP contribution is 2.25. The van der Waals surface area contributed by atoms with E-state index >= 15 is 0 Å². The van der Waals surface area contributed by atoms with Crippen molar-refractivity contribution in [3.05, 3.63) is 41.9 Å². The van der Waals surface area contributed by atoms with E-state index in [9.17, 15) is 4.79 Å². The lowest BCUT2D eigenvalue weighted by Crippen LogP contribution is -2.32. The third-order valence-electron chi connectivity index (χ3n) is 2.86. The number of guanidine groups is 1. The molecule has 2 aromatic heterocycles. The minimum atomic E-state index is -0.255. The van der Waals surface area contributed by atoms with E-state index in [2.05, 4.69) is 37.5 Å². The molecule has 0 spiro atoms. The van der Waals surface area contributed by atoms with Crippen LogP contribution in [-0.4, -0.2) is 35.6 Å². The minimum absolute atomic E-state index is 0.255. The molecule has 9 heteroatoms. The van der Waals surface area contributed by atoms with Gasteiger partial charge in [-0.05, 0) is 12.1 Å². The maximum Gasteiger partial charge on any atom is 0.314 e. The molecule has 0 fully saturated rings. The quantitative estimate of drug-likeness (QED) is 0.358. The van der Waals surface area contributed by atoms with E-state index in [-0.39, 0.29) is 12.0 Å². The standard InChI is InChI=1S/C15H19N7OS/c1-3-7-18-13(16)22-15-21-12(9-24-15)11-6-4-5-10(20-11)8-19-14(23)17-2/h3-6,9H,1,7-8H2,2H3,(H2,17,19,23)(H3,16,18,21,22). The first kappa shape index (κ1) is 17.4. The van der Waals surface area contributed by atoms with E-state index < -0.39 is 0 Å². The summed E-state index contributed by atoms with van der Waals surface area (Å²) in [7, 11) is 1.56. The molecule has 0 aliphatic rings. The molecule has 0 atom stereocenters. The van der Waals surface area contributed by atoms with Crippen LogP contribution in [0.3, 0.4) is 0 Å². The topological polar surface area (TPSA) is 117 Å². The molecule has 2 rings (SSSR count). The summed E-state index contributed by atoms with van der Waals surface area (Å²) in [4.78, 5) is 24.3. The predicted octanol–water partition coefficient (Wildman–Crippen LogP) is 1.36. The molecule has 2 aromatic rings. The van der Waals surface area contributed by atoms with Gasteiger partial charge in [-0.15, -0.1) is 17.9 Å². The van der Waals surface area contributed by atoms with Crippen molar-refractivity contribution in [3.8, 4) is 11.4 Å². The number of nitrogens with zero attached hydrogens (tertiary/aromatic N) is 3. The zero-order valence-corrected chi connectivity index (χ0v) is 14.1. The highest BCUT2D eigenvalue weighted by Gasteiger charge is 2.07. The summed E-state index contributed by atoms with van der Waals surface area (Å²) in [6.07, 6.45) is 1.69. The number of carbonyl (C=O) groups is 1. The first-order valence-electron chi connectivity index (χ1n) is 7.18. The third-order valence-corrected chi connectivity index (χ3v) is 3.60. The SMILES string of the molecule is C=CCNC(N)=Nc1nc(-c2cccc(CNC(=O)NC)n2)cs1. The Kier molecular flexibility index (Phi) is 6.26. The molecule has 0 aliphatic carbocycles. The summed E-state index contributed by atoms with van der Waals surface area (Å²) >= 11 is 1.37. The number of aliphatic imine (C=N–C) groups is 1. The summed E-state index contributed by atoms with van der Waals surface area (Å²) < 4.78 is 0. The van der Waals surface area contributed by atoms with Crippen molar-refractivity contribution in [2.24, 2.45) is 10.7 Å². The molecule has 8 nitrogen and oxygen atoms in total. The Morgan fingerprint density at radius 1 is 1.38 bits per heavy atom. The van der Waals surface area contributed by atoms with Crippen LogP contribution in [0, 0.1) is 0 Å². The van der Waals surface area contributed by atoms with E-state index in [1.807, 2.05) is 23.6 Å². The Hall–Kier alpha value is -2.94. The molecule has 0 saturated carbocycles. The molecule has 0 unspecified atom stereocenters. The van der Waals surface area contributed by atoms with Crippen molar-refractivity contribution in [2.75, 3.05) is 13.6 Å². The molecule has 126 valence electrons. The number of pyridine rings is 1. The van der Waals surface area contributed by atoms with Crippen LogP contribution in [0.4, 0.5) is 9.93 Å². The first-order valence-corrected chi connectivity index (χ1v) is 8.06. The number of thiazole rings is 1. The van der Waals surface area contributed by atoms with Gasteiger partial charge in [-0.3, -0.25) is 0 Å². The Morgan fingerprint density at radius 2 is 2.21 bits per heavy atom. The molecule has 2 amide bonds. The molecular formula is C15H19N7OS. The molecule has 0 radical (unpaired) electrons. The first-order chi connectivity index (χ1) is 11.6. The van der Waals surface area contributed by atoms with Crippen LogP contribution in [0.5, 0.6) is 0 Å². The second kappa shape index (κ2) is 8.63. The monoisotopic (exact) mass is 345 g/mol. The average molecular weight is 345 g/mol. The van der Waals surface area contributed by atoms with Crippen molar-refractivity contribution in [1.82, 2.24) is 25.9 Å². The molecule has 0 bridgehead atoms. The molecule has 0 saturated heterocycles. The zero-order valence-electron chi connectivity index (χ0n) is 13.2. The number of nitrogens with one attached hydrogen (secondary N) is 3. The van der Waals surface area contributed by atoms with E-state index in [4.69, 9.17) is 5.73 Å². The number of carbonyl (C=O) groups excluding carboxylic acids is 1. The number of hydrogen-bond acceptors (Lipinski definition) is 5. The number of urea groups is 1. The van der Waals surface area contributed by atoms with Crippen molar-refractivity contribution in [1.29, 1.82) is 0 Å². The van der Waals surface area contributed by atoms with Crippen molar-refractivity contribution >= 4 is 28.5 Å². The molecular weight excluding hydrogens is 326 g/mol. The lowest BCUT2D eigenvalue weighted by molar-refractivity contribution is 0.242. The van der Waals surface area contributed by atoms with Gasteiger partial charge in [0.1, 0.15) is 5.69 Å². The van der Waals surface area contributed by atoms with Crippen LogP contribution in [0.15, 0.2) is 41.2 Å². The lowest BCUT2D eigenvalue weighted by atomic mass is 10.2. The average Bonchev–Trinajstić information content (AvgIpc) is 3.06. The van der Waals surface area contributed by atoms with Crippen LogP contribution in [0.1, 0.15) is 5.69 Å². The fraction of sp³-hybridized carbons (Fsp3) is 0.200. The Morgan fingerprint density at radius 3 is 2.96 bits per heavy atom. The van der Waals surface area contributed by atoms with E-state index in [1.54, 1.807) is 13.1 Å². The molecule has 5 N–H and O–H groups in total. The predicted molar refractivity (Wildman–Crippen MR) is 96.1 cm³/mol. The molecule has 0 aromatic carbocycles. The van der Waals surface area contributed by atoms with Crippen LogP contribution >= 0.6 is 11.3 Å². The summed E-state index contributed by atoms with van der Waals surface area (Å²) in [6, 6.07) is 5.30. The van der Waals surface area contributed by atoms with Crippen LogP contribution in [0.25, 0.3) is 11.4 Å². The smallest absolute Gasteiger partial charge is 0.314 e. The molecule has 24 heavy (non-hydrogen) atoms. The Bertz CT molecular complexity index is 741. The molecule has 2 heterocycles. The highest BCUT2D eigenvalue weighted by molar-refractivity contribution is 7.13. The van der Waals surface area contributed by atoms with Gasteiger partial charge in [0, 0.05) is 19.0 Å². The lowest BCUT2D eigenvalue weighted by Gasteiger charge is -2.05. The van der Waals surface area contributed by atoms with Gasteiger partial charge >= 0.3 is 6.03 Å². The second-order valence-corrected chi connectivity index (χ2v) is 5.47. The van der Waals surface area contributed by atoms with Gasteiger partial charge in [0.05, 0.1) is 17.9 Å². The van der Waals surface area contributed by atoms with Crippen LogP contribution in [-0.2, 0) is 6.54 Å². The number of hydrogen-bond donors (Lipinski definition) is 4. The summed E-state index contributed by atoms with van der Waals surface area (Å²) in [5.74, 6) is 0.285. The summed E-state index contributed by atoms with van der Waals surface area (Å²) in [6.45, 7) is 4.47. The van der Waals surface area contributed by atoms with Gasteiger partial charge in [-0.1, -0.05) is 12.1 Å². The van der Waals surface area contributed by atoms with Gasteiger partial charge in [-0.2, -0.15) is 4.99 Å². The van der Waals surface area contributed by atoms with E-state index in [1.165, 1.54) is 11.3 Å². The molecule has 0 aliphatic heterocycles. The fourth-order valence-electron chi connectivity index (χ4n) is 1.73. The van der Waals surface area contributed by atoms with Gasteiger partial charge in [0.15, 0.2) is 5.96 Å². The normalized spacial score (nSPS) is 11.0. The van der Waals surface area contributed by atoms with E-state index in [0.29, 0.717) is 29.6 Å². The summed E-state index contributed by atoms with van der Waals surface area (Å²) in [5.41, 5.74) is 7.89. The Balaban J connectivity index is 2.09. The number of rotatable bonds is 6. The van der Waals surface area contributed by atoms with Gasteiger partial charge < -0.3 is 21.7 Å². The van der Waals surface area contributed by atoms with Crippen LogP contribution in [0.2, 0.25) is 0 Å². The zero-order chi connectivity index (χ0) is 17.4. The Labute approximate surface area is 143 Å². The summed E-state index contributed by atoms with van der Waals surface area (Å²) in [5, 5.41) is 10.5. The minimum Gasteiger partial charge on any atom is -0.370 e. The van der Waals surface area contributed by atoms with Crippen molar-refractivity contribution in [2.45, 2.75) is 6.54 Å². The van der Waals surface area contributed by atoms with E-state index in [0.717, 1.165) is 5.69 Å². The second-order valence-electron chi connectivity index (χ2n) is 4.63. The van der Waals surface area contributed by atoms with Gasteiger partial charge in [0.25, 0.3) is 0 Å².